The molecule has 0 aromatic heterocycles. The molecule has 0 saturated heterocycles. The van der Waals surface area contributed by atoms with Crippen LogP contribution in [-0.2, 0) is 4.79 Å². The highest BCUT2D eigenvalue weighted by Crippen LogP contribution is 2.36. The number of hydrogen-bond donors (Lipinski definition) is 2. The minimum absolute atomic E-state index is 0.0444. The van der Waals surface area contributed by atoms with Gasteiger partial charge in [0.25, 0.3) is 11.7 Å². The number of β-amino-alcohol motifs (C(OH)–C–C–N with tert-alkyl or cyclic N) is 1. The molecule has 1 aliphatic heterocycles. The van der Waals surface area contributed by atoms with Gasteiger partial charge in [-0.2, -0.15) is 0 Å². The van der Waals surface area contributed by atoms with Crippen LogP contribution in [0.4, 0.5) is 10.1 Å². The number of anilines is 1. The Morgan fingerprint density at radius 1 is 1.39 bits per heavy atom. The van der Waals surface area contributed by atoms with Crippen molar-refractivity contribution < 1.29 is 24.2 Å². The Kier molecular flexibility index (Phi) is 3.47. The molecule has 0 bridgehead atoms. The Labute approximate surface area is 110 Å². The first-order valence-corrected chi connectivity index (χ1v) is 5.89. The predicted molar refractivity (Wildman–Crippen MR) is 63.9 cm³/mol. The largest absolute Gasteiger partial charge is 0.394 e. The lowest BCUT2D eigenvalue weighted by molar-refractivity contribution is -0.114. The third kappa shape index (κ3) is 2.05. The number of hydrogen-bond acceptors (Lipinski definition) is 4. The Morgan fingerprint density at radius 3 is 2.67 bits per heavy atom. The molecule has 1 aliphatic rings. The monoisotopic (exact) mass is 317 g/mol. The molecule has 0 saturated carbocycles. The summed E-state index contributed by atoms with van der Waals surface area (Å²) in [5.41, 5.74) is 0.177. The van der Waals surface area contributed by atoms with Gasteiger partial charge in [-0.15, -0.1) is 0 Å². The van der Waals surface area contributed by atoms with Crippen molar-refractivity contribution in [2.45, 2.75) is 6.10 Å². The fraction of sp³-hybridized carbons (Fsp3) is 0.273. The smallest absolute Gasteiger partial charge is 0.299 e. The van der Waals surface area contributed by atoms with E-state index in [-0.39, 0.29) is 22.3 Å². The number of ketones is 1. The van der Waals surface area contributed by atoms with E-state index in [9.17, 15) is 19.1 Å². The van der Waals surface area contributed by atoms with E-state index < -0.39 is 30.2 Å². The molecule has 2 rings (SSSR count). The third-order valence-electron chi connectivity index (χ3n) is 2.59. The van der Waals surface area contributed by atoms with Crippen molar-refractivity contribution in [1.82, 2.24) is 0 Å². The van der Waals surface area contributed by atoms with Gasteiger partial charge in [-0.3, -0.25) is 9.59 Å². The number of carbonyl (C=O) groups excluding carboxylic acids is 2. The summed E-state index contributed by atoms with van der Waals surface area (Å²) in [5.74, 6) is -2.30. The van der Waals surface area contributed by atoms with Crippen molar-refractivity contribution in [1.29, 1.82) is 0 Å². The first-order valence-electron chi connectivity index (χ1n) is 5.10. The lowest BCUT2D eigenvalue weighted by atomic mass is 10.1. The zero-order valence-corrected chi connectivity index (χ0v) is 10.6. The van der Waals surface area contributed by atoms with Crippen LogP contribution in [0.15, 0.2) is 16.6 Å². The summed E-state index contributed by atoms with van der Waals surface area (Å²) in [6.45, 7) is -0.760. The van der Waals surface area contributed by atoms with Crippen molar-refractivity contribution in [2.75, 3.05) is 18.1 Å². The molecule has 0 spiro atoms. The van der Waals surface area contributed by atoms with Gasteiger partial charge in [0.15, 0.2) is 0 Å². The second kappa shape index (κ2) is 4.75. The molecular weight excluding hydrogens is 309 g/mol. The van der Waals surface area contributed by atoms with Gasteiger partial charge in [-0.05, 0) is 28.1 Å². The van der Waals surface area contributed by atoms with Crippen LogP contribution >= 0.6 is 15.9 Å². The third-order valence-corrected chi connectivity index (χ3v) is 3.19. The lowest BCUT2D eigenvalue weighted by Crippen LogP contribution is -2.38. The highest BCUT2D eigenvalue weighted by Gasteiger charge is 2.38. The molecular formula is C11H9BrFNO4. The molecule has 18 heavy (non-hydrogen) atoms. The fourth-order valence-electron chi connectivity index (χ4n) is 1.80. The summed E-state index contributed by atoms with van der Waals surface area (Å²) in [6.07, 6.45) is -1.16. The Morgan fingerprint density at radius 2 is 2.06 bits per heavy atom. The molecule has 1 unspecified atom stereocenters. The average molecular weight is 318 g/mol. The molecule has 1 atom stereocenters. The molecule has 7 heteroatoms. The van der Waals surface area contributed by atoms with Crippen LogP contribution in [0.1, 0.15) is 10.4 Å². The number of carbonyl (C=O) groups is 2. The van der Waals surface area contributed by atoms with Crippen LogP contribution in [0, 0.1) is 5.82 Å². The van der Waals surface area contributed by atoms with Crippen LogP contribution in [-0.4, -0.2) is 41.2 Å². The highest BCUT2D eigenvalue weighted by atomic mass is 79.9. The van der Waals surface area contributed by atoms with Crippen molar-refractivity contribution in [2.24, 2.45) is 0 Å². The van der Waals surface area contributed by atoms with Crippen LogP contribution in [0.3, 0.4) is 0 Å². The van der Waals surface area contributed by atoms with Crippen molar-refractivity contribution in [3.63, 3.8) is 0 Å². The van der Waals surface area contributed by atoms with Gasteiger partial charge in [-0.25, -0.2) is 4.39 Å². The maximum atomic E-state index is 13.2. The van der Waals surface area contributed by atoms with Crippen molar-refractivity contribution in [3.05, 3.63) is 28.0 Å². The van der Waals surface area contributed by atoms with Crippen LogP contribution in [0.2, 0.25) is 0 Å². The van der Waals surface area contributed by atoms with E-state index in [0.29, 0.717) is 0 Å². The first kappa shape index (κ1) is 13.1. The molecule has 1 heterocycles. The van der Waals surface area contributed by atoms with Crippen molar-refractivity contribution >= 4 is 33.3 Å². The first-order chi connectivity index (χ1) is 8.45. The number of fused-ring (bicyclic) bond motifs is 1. The van der Waals surface area contributed by atoms with Crippen LogP contribution in [0.25, 0.3) is 0 Å². The van der Waals surface area contributed by atoms with E-state index in [0.717, 1.165) is 17.0 Å². The number of Topliss-reactive ketones (excluding diaryl/α,β-unsaturated/α-hetero) is 1. The molecule has 96 valence electrons. The summed E-state index contributed by atoms with van der Waals surface area (Å²) in [4.78, 5) is 24.4. The van der Waals surface area contributed by atoms with Gasteiger partial charge in [-0.1, -0.05) is 0 Å². The van der Waals surface area contributed by atoms with E-state index in [2.05, 4.69) is 15.9 Å². The average Bonchev–Trinajstić information content (AvgIpc) is 2.54. The Bertz CT molecular complexity index is 534. The lowest BCUT2D eigenvalue weighted by Gasteiger charge is -2.20. The predicted octanol–water partition coefficient (Wildman–Crippen LogP) is 0.471. The second-order valence-corrected chi connectivity index (χ2v) is 4.72. The number of benzene rings is 1. The quantitative estimate of drug-likeness (QED) is 0.794. The number of aliphatic hydroxyl groups is 2. The van der Waals surface area contributed by atoms with Gasteiger partial charge >= 0.3 is 0 Å². The molecule has 1 aromatic rings. The Hall–Kier alpha value is -1.31. The number of rotatable bonds is 3. The maximum Gasteiger partial charge on any atom is 0.299 e. The molecule has 1 amide bonds. The molecule has 2 N–H and O–H groups in total. The summed E-state index contributed by atoms with van der Waals surface area (Å²) >= 11 is 3.08. The van der Waals surface area contributed by atoms with Crippen LogP contribution in [0.5, 0.6) is 0 Å². The number of nitrogens with zero attached hydrogens (tertiary/aromatic N) is 1. The topological polar surface area (TPSA) is 77.8 Å². The molecule has 5 nitrogen and oxygen atoms in total. The van der Waals surface area contributed by atoms with Gasteiger partial charge in [0.2, 0.25) is 0 Å². The molecule has 0 aliphatic carbocycles. The normalized spacial score (nSPS) is 16.1. The molecule has 1 aromatic carbocycles. The zero-order chi connectivity index (χ0) is 13.4. The highest BCUT2D eigenvalue weighted by molar-refractivity contribution is 9.10. The second-order valence-electron chi connectivity index (χ2n) is 3.87. The van der Waals surface area contributed by atoms with Gasteiger partial charge in [0.1, 0.15) is 5.82 Å². The van der Waals surface area contributed by atoms with E-state index >= 15 is 0 Å². The number of aliphatic hydroxyl groups excluding tert-OH is 2. The fourth-order valence-corrected chi connectivity index (χ4v) is 2.44. The van der Waals surface area contributed by atoms with E-state index in [1.54, 1.807) is 0 Å². The summed E-state index contributed by atoms with van der Waals surface area (Å²) in [7, 11) is 0. The minimum atomic E-state index is -1.16. The van der Waals surface area contributed by atoms with Gasteiger partial charge < -0.3 is 15.1 Å². The zero-order valence-electron chi connectivity index (χ0n) is 9.06. The van der Waals surface area contributed by atoms with Crippen molar-refractivity contribution in [3.8, 4) is 0 Å². The number of halogens is 2. The SMILES string of the molecule is O=C1C(=O)N(CC(O)CO)c2c(Br)cc(F)cc21. The minimum Gasteiger partial charge on any atom is -0.394 e. The van der Waals surface area contributed by atoms with E-state index in [1.807, 2.05) is 0 Å². The summed E-state index contributed by atoms with van der Waals surface area (Å²) in [6, 6.07) is 2.11. The summed E-state index contributed by atoms with van der Waals surface area (Å²) < 4.78 is 13.4. The molecule has 0 radical (unpaired) electrons. The number of amides is 1. The molecule has 0 fully saturated rings. The van der Waals surface area contributed by atoms with Gasteiger partial charge in [0.05, 0.1) is 30.5 Å². The Balaban J connectivity index is 2.48. The summed E-state index contributed by atoms with van der Waals surface area (Å²) in [5, 5.41) is 18.1. The van der Waals surface area contributed by atoms with Gasteiger partial charge in [0, 0.05) is 4.47 Å². The van der Waals surface area contributed by atoms with E-state index in [1.165, 1.54) is 0 Å². The standard InChI is InChI=1S/C11H9BrFNO4/c12-8-2-5(13)1-7-9(8)14(3-6(16)4-15)11(18)10(7)17/h1-2,6,15-16H,3-4H2. The van der Waals surface area contributed by atoms with Crippen LogP contribution < -0.4 is 4.90 Å². The maximum absolute atomic E-state index is 13.2. The van der Waals surface area contributed by atoms with E-state index in [4.69, 9.17) is 5.11 Å².